The maximum absolute atomic E-state index is 13.5. The van der Waals surface area contributed by atoms with Crippen LogP contribution in [0, 0.1) is 0 Å². The van der Waals surface area contributed by atoms with E-state index in [2.05, 4.69) is 10.1 Å². The van der Waals surface area contributed by atoms with Crippen LogP contribution in [0.25, 0.3) is 0 Å². The highest BCUT2D eigenvalue weighted by Crippen LogP contribution is 2.45. The smallest absolute Gasteiger partial charge is 0.459 e. The molecular formula is C21H29N4O8P. The van der Waals surface area contributed by atoms with Crippen LogP contribution in [0.5, 0.6) is 5.75 Å². The van der Waals surface area contributed by atoms with E-state index in [0.29, 0.717) is 6.42 Å². The van der Waals surface area contributed by atoms with E-state index < -0.39 is 38.0 Å². The molecule has 13 heteroatoms. The third-order valence-electron chi connectivity index (χ3n) is 4.84. The Morgan fingerprint density at radius 2 is 2.06 bits per heavy atom. The van der Waals surface area contributed by atoms with Gasteiger partial charge in [-0.3, -0.25) is 13.9 Å². The van der Waals surface area contributed by atoms with Crippen LogP contribution in [-0.2, 0) is 28.1 Å². The van der Waals surface area contributed by atoms with Crippen molar-refractivity contribution in [2.75, 3.05) is 18.9 Å². The van der Waals surface area contributed by atoms with Gasteiger partial charge in [-0.05, 0) is 38.5 Å². The molecule has 12 nitrogen and oxygen atoms in total. The molecule has 1 saturated heterocycles. The van der Waals surface area contributed by atoms with Gasteiger partial charge in [-0.25, -0.2) is 9.36 Å². The molecule has 1 aromatic heterocycles. The monoisotopic (exact) mass is 496 g/mol. The lowest BCUT2D eigenvalue weighted by Crippen LogP contribution is -2.37. The SMILES string of the molecule is CC[C@H](C)OC(=O)[C@H](C)NP(=O)(OC[C@H]1OC[C@@H](n2ccc(N)nc2=O)O1)Oc1ccccc1. The molecule has 0 radical (unpaired) electrons. The second-order valence-electron chi connectivity index (χ2n) is 7.60. The van der Waals surface area contributed by atoms with E-state index in [0.717, 1.165) is 0 Å². The Labute approximate surface area is 196 Å². The number of benzene rings is 1. The lowest BCUT2D eigenvalue weighted by Gasteiger charge is -2.24. The zero-order valence-electron chi connectivity index (χ0n) is 19.2. The van der Waals surface area contributed by atoms with Gasteiger partial charge in [0.25, 0.3) is 0 Å². The fourth-order valence-electron chi connectivity index (χ4n) is 2.86. The average Bonchev–Trinajstić information content (AvgIpc) is 3.27. The van der Waals surface area contributed by atoms with Crippen LogP contribution >= 0.6 is 7.75 Å². The zero-order valence-corrected chi connectivity index (χ0v) is 20.1. The lowest BCUT2D eigenvalue weighted by molar-refractivity contribution is -0.150. The van der Waals surface area contributed by atoms with Gasteiger partial charge in [0.05, 0.1) is 12.7 Å². The first-order valence-corrected chi connectivity index (χ1v) is 12.3. The predicted molar refractivity (Wildman–Crippen MR) is 122 cm³/mol. The highest BCUT2D eigenvalue weighted by molar-refractivity contribution is 7.52. The number of para-hydroxylation sites is 1. The van der Waals surface area contributed by atoms with E-state index in [9.17, 15) is 14.2 Å². The number of carbonyl (C=O) groups excluding carboxylic acids is 1. The summed E-state index contributed by atoms with van der Waals surface area (Å²) in [7, 11) is -4.07. The number of nitrogens with one attached hydrogen (secondary N) is 1. The minimum Gasteiger partial charge on any atom is -0.462 e. The van der Waals surface area contributed by atoms with E-state index in [1.54, 1.807) is 37.3 Å². The summed E-state index contributed by atoms with van der Waals surface area (Å²) < 4.78 is 42.3. The van der Waals surface area contributed by atoms with Crippen molar-refractivity contribution in [2.24, 2.45) is 0 Å². The third-order valence-corrected chi connectivity index (χ3v) is 6.49. The molecule has 0 amide bonds. The number of esters is 1. The molecule has 3 N–H and O–H groups in total. The van der Waals surface area contributed by atoms with E-state index >= 15 is 0 Å². The van der Waals surface area contributed by atoms with Gasteiger partial charge in [0.1, 0.15) is 24.2 Å². The molecule has 2 aromatic rings. The topological polar surface area (TPSA) is 153 Å². The van der Waals surface area contributed by atoms with E-state index in [1.165, 1.54) is 23.8 Å². The number of anilines is 1. The van der Waals surface area contributed by atoms with Gasteiger partial charge in [0.15, 0.2) is 12.5 Å². The van der Waals surface area contributed by atoms with Crippen molar-refractivity contribution in [3.63, 3.8) is 0 Å². The van der Waals surface area contributed by atoms with Crippen LogP contribution in [0.4, 0.5) is 5.82 Å². The molecule has 3 rings (SSSR count). The molecule has 186 valence electrons. The second kappa shape index (κ2) is 11.6. The molecule has 1 aromatic carbocycles. The number of carbonyl (C=O) groups is 1. The minimum absolute atomic E-state index is 0.0361. The number of hydrogen-bond acceptors (Lipinski definition) is 10. The van der Waals surface area contributed by atoms with Gasteiger partial charge >= 0.3 is 19.4 Å². The number of hydrogen-bond donors (Lipinski definition) is 2. The number of rotatable bonds is 11. The fraction of sp³-hybridized carbons (Fsp3) is 0.476. The van der Waals surface area contributed by atoms with Crippen LogP contribution in [-0.4, -0.2) is 47.2 Å². The number of nitrogens with zero attached hydrogens (tertiary/aromatic N) is 2. The standard InChI is InChI=1S/C21H29N4O8P/c1-4-14(2)31-20(26)15(3)24-34(28,33-16-8-6-5-7-9-16)30-13-19-29-12-18(32-19)25-11-10-17(22)23-21(25)27/h5-11,14-15,18-19H,4,12-13H2,1-3H3,(H,24,28)(H2,22,23,27)/t14-,15-,18-,19-,34?/m0/s1. The maximum Gasteiger partial charge on any atom is 0.459 e. The van der Waals surface area contributed by atoms with E-state index in [-0.39, 0.29) is 30.9 Å². The Hall–Kier alpha value is -2.76. The molecule has 2 heterocycles. The summed E-state index contributed by atoms with van der Waals surface area (Å²) in [5.41, 5.74) is 4.91. The van der Waals surface area contributed by atoms with Gasteiger partial charge in [0, 0.05) is 6.20 Å². The summed E-state index contributed by atoms with van der Waals surface area (Å²) in [5.74, 6) is -0.240. The highest BCUT2D eigenvalue weighted by atomic mass is 31.2. The second-order valence-corrected chi connectivity index (χ2v) is 9.29. The summed E-state index contributed by atoms with van der Waals surface area (Å²) in [6.45, 7) is 4.86. The van der Waals surface area contributed by atoms with Crippen molar-refractivity contribution in [3.8, 4) is 5.75 Å². The highest BCUT2D eigenvalue weighted by Gasteiger charge is 2.36. The summed E-state index contributed by atoms with van der Waals surface area (Å²) >= 11 is 0. The average molecular weight is 496 g/mol. The summed E-state index contributed by atoms with van der Waals surface area (Å²) in [5, 5.41) is 2.60. The fourth-order valence-corrected chi connectivity index (χ4v) is 4.34. The van der Waals surface area contributed by atoms with Gasteiger partial charge in [-0.1, -0.05) is 25.1 Å². The zero-order chi connectivity index (χ0) is 24.7. The van der Waals surface area contributed by atoms with Crippen LogP contribution in [0.2, 0.25) is 0 Å². The summed E-state index contributed by atoms with van der Waals surface area (Å²) in [6.07, 6.45) is 0.0669. The Kier molecular flexibility index (Phi) is 8.81. The van der Waals surface area contributed by atoms with Gasteiger partial charge < -0.3 is 24.5 Å². The first kappa shape index (κ1) is 25.9. The number of ether oxygens (including phenoxy) is 3. The molecular weight excluding hydrogens is 467 g/mol. The quantitative estimate of drug-likeness (QED) is 0.348. The largest absolute Gasteiger partial charge is 0.462 e. The minimum atomic E-state index is -4.07. The molecule has 34 heavy (non-hydrogen) atoms. The van der Waals surface area contributed by atoms with Crippen LogP contribution in [0.3, 0.4) is 0 Å². The number of nitrogen functional groups attached to an aromatic ring is 1. The summed E-state index contributed by atoms with van der Waals surface area (Å²) in [6, 6.07) is 8.84. The van der Waals surface area contributed by atoms with E-state index in [4.69, 9.17) is 29.0 Å². The van der Waals surface area contributed by atoms with Gasteiger partial charge in [-0.15, -0.1) is 0 Å². The number of aromatic nitrogens is 2. The molecule has 0 aliphatic carbocycles. The molecule has 0 bridgehead atoms. The predicted octanol–water partition coefficient (Wildman–Crippen LogP) is 2.22. The molecule has 1 unspecified atom stereocenters. The van der Waals surface area contributed by atoms with Crippen molar-refractivity contribution in [2.45, 2.75) is 51.9 Å². The van der Waals surface area contributed by atoms with Crippen molar-refractivity contribution in [1.29, 1.82) is 0 Å². The number of nitrogens with two attached hydrogens (primary N) is 1. The van der Waals surface area contributed by atoms with Crippen LogP contribution in [0.1, 0.15) is 33.4 Å². The van der Waals surface area contributed by atoms with Crippen molar-refractivity contribution in [1.82, 2.24) is 14.6 Å². The van der Waals surface area contributed by atoms with E-state index in [1.807, 2.05) is 6.92 Å². The Bertz CT molecular complexity index is 1070. The first-order chi connectivity index (χ1) is 16.2. The summed E-state index contributed by atoms with van der Waals surface area (Å²) in [4.78, 5) is 28.0. The molecule has 1 fully saturated rings. The Morgan fingerprint density at radius 3 is 2.74 bits per heavy atom. The Balaban J connectivity index is 1.66. The first-order valence-electron chi connectivity index (χ1n) is 10.8. The van der Waals surface area contributed by atoms with Gasteiger partial charge in [-0.2, -0.15) is 10.1 Å². The molecule has 0 saturated carbocycles. The van der Waals surface area contributed by atoms with Crippen LogP contribution in [0.15, 0.2) is 47.4 Å². The molecule has 5 atom stereocenters. The van der Waals surface area contributed by atoms with Gasteiger partial charge in [0.2, 0.25) is 0 Å². The Morgan fingerprint density at radius 1 is 1.32 bits per heavy atom. The normalized spacial score (nSPS) is 21.4. The lowest BCUT2D eigenvalue weighted by atomic mass is 10.3. The molecule has 1 aliphatic heterocycles. The third kappa shape index (κ3) is 7.12. The molecule has 1 aliphatic rings. The van der Waals surface area contributed by atoms with Crippen molar-refractivity contribution in [3.05, 3.63) is 53.1 Å². The van der Waals surface area contributed by atoms with Crippen LogP contribution < -0.4 is 21.0 Å². The van der Waals surface area contributed by atoms with Crippen molar-refractivity contribution >= 4 is 19.5 Å². The maximum atomic E-state index is 13.5. The van der Waals surface area contributed by atoms with Crippen molar-refractivity contribution < 1.29 is 32.6 Å². The molecule has 0 spiro atoms.